The maximum Gasteiger partial charge on any atom is 0.126 e. The third-order valence-corrected chi connectivity index (χ3v) is 5.34. The second-order valence-corrected chi connectivity index (χ2v) is 7.39. The molecule has 4 aromatic carbocycles. The largest absolute Gasteiger partial charge is 0.496 e. The van der Waals surface area contributed by atoms with Gasteiger partial charge in [0.1, 0.15) is 11.5 Å². The van der Waals surface area contributed by atoms with Gasteiger partial charge in [-0.25, -0.2) is 0 Å². The van der Waals surface area contributed by atoms with E-state index < -0.39 is 0 Å². The van der Waals surface area contributed by atoms with E-state index in [1.54, 1.807) is 14.2 Å². The predicted octanol–water partition coefficient (Wildman–Crippen LogP) is 7.71. The first-order chi connectivity index (χ1) is 15.8. The Hall–Kier alpha value is -4.04. The highest BCUT2D eigenvalue weighted by Gasteiger charge is 2.00. The van der Waals surface area contributed by atoms with Gasteiger partial charge in [-0.2, -0.15) is 0 Å². The van der Waals surface area contributed by atoms with Crippen molar-refractivity contribution in [1.82, 2.24) is 0 Å². The topological polar surface area (TPSA) is 18.5 Å². The minimum atomic E-state index is 0.875. The SMILES string of the molecule is COc1ccccc1/C=C\c1ccc(-c2ccc(/C=C\c3ccccc3OC)cc2)cc1. The summed E-state index contributed by atoms with van der Waals surface area (Å²) in [6, 6.07) is 33.2. The minimum Gasteiger partial charge on any atom is -0.496 e. The molecule has 0 N–H and O–H groups in total. The first-order valence-corrected chi connectivity index (χ1v) is 10.6. The number of rotatable bonds is 7. The van der Waals surface area contributed by atoms with E-state index >= 15 is 0 Å². The van der Waals surface area contributed by atoms with Gasteiger partial charge < -0.3 is 9.47 Å². The molecule has 0 aliphatic heterocycles. The molecule has 0 fully saturated rings. The lowest BCUT2D eigenvalue weighted by molar-refractivity contribution is 0.414. The van der Waals surface area contributed by atoms with Crippen LogP contribution in [-0.2, 0) is 0 Å². The molecule has 0 aliphatic carbocycles. The maximum absolute atomic E-state index is 5.41. The predicted molar refractivity (Wildman–Crippen MR) is 136 cm³/mol. The molecule has 158 valence electrons. The van der Waals surface area contributed by atoms with E-state index in [0.29, 0.717) is 0 Å². The Labute approximate surface area is 190 Å². The molecule has 0 aromatic heterocycles. The summed E-state index contributed by atoms with van der Waals surface area (Å²) in [5.41, 5.74) is 6.82. The Morgan fingerprint density at radius 2 is 0.812 bits per heavy atom. The fraction of sp³-hybridized carbons (Fsp3) is 0.0667. The van der Waals surface area contributed by atoms with E-state index in [9.17, 15) is 0 Å². The zero-order valence-corrected chi connectivity index (χ0v) is 18.4. The molecule has 2 heteroatoms. The van der Waals surface area contributed by atoms with E-state index in [4.69, 9.17) is 9.47 Å². The van der Waals surface area contributed by atoms with Crippen molar-refractivity contribution in [2.45, 2.75) is 0 Å². The molecular formula is C30H26O2. The van der Waals surface area contributed by atoms with Crippen molar-refractivity contribution in [2.75, 3.05) is 14.2 Å². The molecule has 4 aromatic rings. The van der Waals surface area contributed by atoms with Gasteiger partial charge in [-0.15, -0.1) is 0 Å². The average molecular weight is 419 g/mol. The van der Waals surface area contributed by atoms with Gasteiger partial charge >= 0.3 is 0 Å². The normalized spacial score (nSPS) is 11.2. The summed E-state index contributed by atoms with van der Waals surface area (Å²) in [5.74, 6) is 1.75. The zero-order chi connectivity index (χ0) is 22.2. The lowest BCUT2D eigenvalue weighted by Crippen LogP contribution is -1.85. The molecule has 0 atom stereocenters. The van der Waals surface area contributed by atoms with Crippen LogP contribution >= 0.6 is 0 Å². The van der Waals surface area contributed by atoms with Crippen LogP contribution < -0.4 is 9.47 Å². The van der Waals surface area contributed by atoms with Crippen LogP contribution in [0.3, 0.4) is 0 Å². The fourth-order valence-corrected chi connectivity index (χ4v) is 3.55. The molecule has 2 nitrogen and oxygen atoms in total. The van der Waals surface area contributed by atoms with Crippen molar-refractivity contribution in [2.24, 2.45) is 0 Å². The quantitative estimate of drug-likeness (QED) is 0.286. The molecular weight excluding hydrogens is 392 g/mol. The van der Waals surface area contributed by atoms with E-state index in [1.807, 2.05) is 48.5 Å². The number of hydrogen-bond donors (Lipinski definition) is 0. The highest BCUT2D eigenvalue weighted by molar-refractivity contribution is 5.76. The van der Waals surface area contributed by atoms with Crippen molar-refractivity contribution in [3.8, 4) is 22.6 Å². The third kappa shape index (κ3) is 5.16. The standard InChI is InChI=1S/C30H26O2/c1-31-29-9-5-3-7-27(29)21-15-23-11-17-25(18-12-23)26-19-13-24(14-20-26)16-22-28-8-4-6-10-30(28)32-2/h3-22H,1-2H3/b21-15-,22-16-. The number of methoxy groups -OCH3 is 2. The number of para-hydroxylation sites is 2. The lowest BCUT2D eigenvalue weighted by atomic mass is 10.0. The third-order valence-electron chi connectivity index (χ3n) is 5.34. The maximum atomic E-state index is 5.41. The van der Waals surface area contributed by atoms with Crippen LogP contribution in [0.4, 0.5) is 0 Å². The second kappa shape index (κ2) is 10.3. The smallest absolute Gasteiger partial charge is 0.126 e. The summed E-state index contributed by atoms with van der Waals surface area (Å²) in [4.78, 5) is 0. The molecule has 32 heavy (non-hydrogen) atoms. The molecule has 0 saturated heterocycles. The van der Waals surface area contributed by atoms with E-state index in [2.05, 4.69) is 72.8 Å². The van der Waals surface area contributed by atoms with Gasteiger partial charge in [-0.05, 0) is 34.4 Å². The number of ether oxygens (including phenoxy) is 2. The van der Waals surface area contributed by atoms with E-state index in [1.165, 1.54) is 11.1 Å². The summed E-state index contributed by atoms with van der Waals surface area (Å²) in [6.45, 7) is 0. The molecule has 4 rings (SSSR count). The van der Waals surface area contributed by atoms with Crippen molar-refractivity contribution in [3.05, 3.63) is 119 Å². The van der Waals surface area contributed by atoms with Crippen LogP contribution in [0, 0.1) is 0 Å². The Morgan fingerprint density at radius 3 is 1.19 bits per heavy atom. The van der Waals surface area contributed by atoms with Crippen LogP contribution in [0.15, 0.2) is 97.1 Å². The summed E-state index contributed by atoms with van der Waals surface area (Å²) >= 11 is 0. The Bertz CT molecular complexity index is 1120. The molecule has 0 aliphatic rings. The van der Waals surface area contributed by atoms with Crippen molar-refractivity contribution >= 4 is 24.3 Å². The van der Waals surface area contributed by atoms with Crippen LogP contribution in [0.5, 0.6) is 11.5 Å². The second-order valence-electron chi connectivity index (χ2n) is 7.39. The Kier molecular flexibility index (Phi) is 6.84. The molecule has 0 amide bonds. The summed E-state index contributed by atoms with van der Waals surface area (Å²) < 4.78 is 10.8. The van der Waals surface area contributed by atoms with Crippen LogP contribution in [0.2, 0.25) is 0 Å². The van der Waals surface area contributed by atoms with Gasteiger partial charge in [0, 0.05) is 11.1 Å². The van der Waals surface area contributed by atoms with Crippen molar-refractivity contribution in [3.63, 3.8) is 0 Å². The summed E-state index contributed by atoms with van der Waals surface area (Å²) in [6.07, 6.45) is 8.37. The Morgan fingerprint density at radius 1 is 0.438 bits per heavy atom. The van der Waals surface area contributed by atoms with Gasteiger partial charge in [0.05, 0.1) is 14.2 Å². The first kappa shape index (κ1) is 21.2. The summed E-state index contributed by atoms with van der Waals surface area (Å²) in [5, 5.41) is 0. The highest BCUT2D eigenvalue weighted by Crippen LogP contribution is 2.24. The van der Waals surface area contributed by atoms with Gasteiger partial charge in [0.2, 0.25) is 0 Å². The molecule has 0 bridgehead atoms. The minimum absolute atomic E-state index is 0.875. The molecule has 0 unspecified atom stereocenters. The van der Waals surface area contributed by atoms with Gasteiger partial charge in [-0.1, -0.05) is 109 Å². The lowest BCUT2D eigenvalue weighted by Gasteiger charge is -2.05. The summed E-state index contributed by atoms with van der Waals surface area (Å²) in [7, 11) is 3.39. The number of benzene rings is 4. The van der Waals surface area contributed by atoms with E-state index in [-0.39, 0.29) is 0 Å². The van der Waals surface area contributed by atoms with Gasteiger partial charge in [0.25, 0.3) is 0 Å². The monoisotopic (exact) mass is 418 g/mol. The molecule has 0 heterocycles. The van der Waals surface area contributed by atoms with E-state index in [0.717, 1.165) is 33.8 Å². The van der Waals surface area contributed by atoms with Crippen molar-refractivity contribution < 1.29 is 9.47 Å². The first-order valence-electron chi connectivity index (χ1n) is 10.6. The van der Waals surface area contributed by atoms with Gasteiger partial charge in [0.15, 0.2) is 0 Å². The average Bonchev–Trinajstić information content (AvgIpc) is 2.87. The molecule has 0 spiro atoms. The highest BCUT2D eigenvalue weighted by atomic mass is 16.5. The Balaban J connectivity index is 1.45. The van der Waals surface area contributed by atoms with Crippen LogP contribution in [0.1, 0.15) is 22.3 Å². The van der Waals surface area contributed by atoms with Gasteiger partial charge in [-0.3, -0.25) is 0 Å². The number of hydrogen-bond acceptors (Lipinski definition) is 2. The van der Waals surface area contributed by atoms with Crippen LogP contribution in [-0.4, -0.2) is 14.2 Å². The molecule has 0 saturated carbocycles. The fourth-order valence-electron chi connectivity index (χ4n) is 3.55. The van der Waals surface area contributed by atoms with Crippen molar-refractivity contribution in [1.29, 1.82) is 0 Å². The zero-order valence-electron chi connectivity index (χ0n) is 18.4. The molecule has 0 radical (unpaired) electrons. The van der Waals surface area contributed by atoms with Crippen LogP contribution in [0.25, 0.3) is 35.4 Å².